The summed E-state index contributed by atoms with van der Waals surface area (Å²) in [5.74, 6) is 1.18. The molecule has 2 aliphatic heterocycles. The van der Waals surface area contributed by atoms with Crippen LogP contribution in [0.1, 0.15) is 0 Å². The Hall–Kier alpha value is -13.6. The SMILES string of the molecule is [Cu+2].c1ccc2c(-n3ccnc3)c3c(c(-n4ccnc4)c2c1)-c1nc-3nc2[n-]c(nc3nc(nc4[n-]c(n1)c1c(-n5ccnc5)c5ccccc5c(-n5ccnc5)c41)-c1c-3c(-n3ccnc3)c3ccccc3c1-n1ccnc1)c1c(-n3ccnc3)c3ccccc3c(-n3ccnc3)c21. The van der Waals surface area contributed by atoms with E-state index in [9.17, 15) is 0 Å². The molecule has 0 spiro atoms. The minimum Gasteiger partial charge on any atom is -0.357 e. The van der Waals surface area contributed by atoms with E-state index >= 15 is 0 Å². The van der Waals surface area contributed by atoms with Crippen molar-refractivity contribution >= 4 is 87.2 Å². The van der Waals surface area contributed by atoms with E-state index in [0.29, 0.717) is 89.7 Å². The number of hydrogen-bond acceptors (Lipinski definition) is 14. The van der Waals surface area contributed by atoms with Crippen molar-refractivity contribution in [2.24, 2.45) is 0 Å². The van der Waals surface area contributed by atoms with E-state index in [1.807, 2.05) is 135 Å². The Morgan fingerprint density at radius 1 is 0.216 bits per heavy atom. The number of rotatable bonds is 8. The normalized spacial score (nSPS) is 12.0. The number of hydrogen-bond donors (Lipinski definition) is 0. The number of benzene rings is 8. The van der Waals surface area contributed by atoms with Crippen molar-refractivity contribution in [3.8, 4) is 91.1 Å². The molecule has 0 amide bonds. The Labute approximate surface area is 555 Å². The topological polar surface area (TPSA) is 248 Å². The molecular formula is C72H40CuN24. The molecular weight excluding hydrogens is 1260 g/mol. The van der Waals surface area contributed by atoms with Gasteiger partial charge in [0.2, 0.25) is 0 Å². The fourth-order valence-electron chi connectivity index (χ4n) is 14.5. The molecule has 13 heterocycles. The summed E-state index contributed by atoms with van der Waals surface area (Å²) in [5, 5.41) is 9.64. The zero-order valence-electron chi connectivity index (χ0n) is 50.1. The number of aromatic nitrogens is 24. The Bertz CT molecular complexity index is 5760. The second kappa shape index (κ2) is 20.7. The first kappa shape index (κ1) is 54.0. The summed E-state index contributed by atoms with van der Waals surface area (Å²) >= 11 is 0. The van der Waals surface area contributed by atoms with Crippen molar-refractivity contribution < 1.29 is 17.1 Å². The zero-order chi connectivity index (χ0) is 62.7. The van der Waals surface area contributed by atoms with Gasteiger partial charge in [0.05, 0.1) is 119 Å². The van der Waals surface area contributed by atoms with E-state index in [-0.39, 0.29) is 17.1 Å². The Morgan fingerprint density at radius 3 is 0.567 bits per heavy atom. The zero-order valence-corrected chi connectivity index (χ0v) is 51.1. The summed E-state index contributed by atoms with van der Waals surface area (Å²) in [5.41, 5.74) is 9.79. The average Bonchev–Trinajstić information content (AvgIpc) is 1.72. The number of nitrogens with zero attached hydrogens (tertiary/aromatic N) is 24. The van der Waals surface area contributed by atoms with Crippen LogP contribution >= 0.6 is 0 Å². The van der Waals surface area contributed by atoms with E-state index in [0.717, 1.165) is 88.6 Å². The van der Waals surface area contributed by atoms with E-state index in [4.69, 9.17) is 39.9 Å². The third kappa shape index (κ3) is 7.73. The number of fused-ring (bicyclic) bond motifs is 24. The molecule has 0 saturated carbocycles. The first-order chi connectivity index (χ1) is 47.7. The second-order valence-corrected chi connectivity index (χ2v) is 23.2. The third-order valence-corrected chi connectivity index (χ3v) is 18.2. The Kier molecular flexibility index (Phi) is 11.5. The molecule has 8 aromatic carbocycles. The van der Waals surface area contributed by atoms with Crippen molar-refractivity contribution in [3.05, 3.63) is 247 Å². The maximum absolute atomic E-state index is 5.88. The van der Waals surface area contributed by atoms with E-state index in [1.54, 1.807) is 100 Å². The molecule has 0 aliphatic carbocycles. The summed E-state index contributed by atoms with van der Waals surface area (Å²) in [7, 11) is 0. The molecule has 11 aromatic heterocycles. The Balaban J connectivity index is 0.00000641. The molecule has 0 atom stereocenters. The van der Waals surface area contributed by atoms with Crippen LogP contribution in [0.15, 0.2) is 247 Å². The van der Waals surface area contributed by atoms with Gasteiger partial charge in [0.25, 0.3) is 0 Å². The molecule has 0 unspecified atom stereocenters. The molecule has 97 heavy (non-hydrogen) atoms. The first-order valence-electron chi connectivity index (χ1n) is 30.6. The van der Waals surface area contributed by atoms with Gasteiger partial charge in [-0.3, -0.25) is 0 Å². The van der Waals surface area contributed by atoms with E-state index in [2.05, 4.69) is 88.4 Å². The summed E-state index contributed by atoms with van der Waals surface area (Å²) < 4.78 is 16.0. The van der Waals surface area contributed by atoms with Crippen LogP contribution in [0.4, 0.5) is 0 Å². The van der Waals surface area contributed by atoms with Crippen LogP contribution in [-0.2, 0) is 17.1 Å². The van der Waals surface area contributed by atoms with Gasteiger partial charge in [-0.2, -0.15) is 0 Å². The van der Waals surface area contributed by atoms with Crippen molar-refractivity contribution in [1.29, 1.82) is 0 Å². The minimum absolute atomic E-state index is 0. The van der Waals surface area contributed by atoms with Crippen molar-refractivity contribution in [2.45, 2.75) is 0 Å². The van der Waals surface area contributed by atoms with Crippen LogP contribution in [0.5, 0.6) is 0 Å². The fraction of sp³-hybridized carbons (Fsp3) is 0. The predicted molar refractivity (Wildman–Crippen MR) is 361 cm³/mol. The summed E-state index contributed by atoms with van der Waals surface area (Å²) in [6, 6.07) is 33.1. The summed E-state index contributed by atoms with van der Waals surface area (Å²) in [6.45, 7) is 0. The molecule has 21 rings (SSSR count). The molecule has 25 heteroatoms. The molecule has 0 N–H and O–H groups in total. The van der Waals surface area contributed by atoms with Crippen LogP contribution in [0.2, 0.25) is 0 Å². The van der Waals surface area contributed by atoms with Gasteiger partial charge in [-0.25, -0.2) is 49.8 Å². The van der Waals surface area contributed by atoms with Gasteiger partial charge in [0, 0.05) is 209 Å². The maximum atomic E-state index is 5.88. The predicted octanol–water partition coefficient (Wildman–Crippen LogP) is 12.2. The quantitative estimate of drug-likeness (QED) is 0.128. The van der Waals surface area contributed by atoms with Crippen molar-refractivity contribution in [2.75, 3.05) is 0 Å². The average molecular weight is 1300 g/mol. The van der Waals surface area contributed by atoms with Gasteiger partial charge in [-0.05, 0) is 0 Å². The molecule has 0 fully saturated rings. The van der Waals surface area contributed by atoms with Gasteiger partial charge < -0.3 is 66.4 Å². The minimum atomic E-state index is 0. The fourth-order valence-corrected chi connectivity index (χ4v) is 14.5. The molecule has 2 aliphatic rings. The molecule has 459 valence electrons. The van der Waals surface area contributed by atoms with E-state index in [1.165, 1.54) is 0 Å². The van der Waals surface area contributed by atoms with Gasteiger partial charge in [-0.15, -0.1) is 0 Å². The summed E-state index contributed by atoms with van der Waals surface area (Å²) in [4.78, 5) is 83.7. The van der Waals surface area contributed by atoms with Crippen molar-refractivity contribution in [1.82, 2.24) is 116 Å². The second-order valence-electron chi connectivity index (χ2n) is 23.2. The van der Waals surface area contributed by atoms with Gasteiger partial charge >= 0.3 is 17.1 Å². The molecule has 8 bridgehead atoms. The maximum Gasteiger partial charge on any atom is 2.00 e. The van der Waals surface area contributed by atoms with Gasteiger partial charge in [0.1, 0.15) is 0 Å². The monoisotopic (exact) mass is 1300 g/mol. The molecule has 1 radical (unpaired) electrons. The summed E-state index contributed by atoms with van der Waals surface area (Å²) in [6.07, 6.45) is 43.9. The van der Waals surface area contributed by atoms with Gasteiger partial charge in [-0.1, -0.05) is 97.1 Å². The molecule has 19 aromatic rings. The Morgan fingerprint density at radius 2 is 0.392 bits per heavy atom. The van der Waals surface area contributed by atoms with Crippen LogP contribution in [-0.4, -0.2) is 106 Å². The standard InChI is InChI=1S/C72H40N24.Cu/c1-2-10-42-41(9-1)57(89-25-17-73-33-89)49-50(58(42)90-26-18-74-34-90)66-81-65(49)85-67-51-52(60(92-28-20-76-36-92)44-12-4-3-11-43(44)59(51)91-27-19-75-35-91)69(82-67)87-71-55-56(64(96-32-24-80-40-96)48-16-8-7-15-47(48)63(55)95-31-23-79-39-95)72(84-71)88-70-54-53(68(83-70)86-66)61(93-29-21-77-37-93)45-13-5-6-14-46(45)62(54)94-30-22-78-38-94;/h1-40H;/q-2;+2. The van der Waals surface area contributed by atoms with Gasteiger partial charge in [0.15, 0.2) is 0 Å². The van der Waals surface area contributed by atoms with Crippen LogP contribution < -0.4 is 9.97 Å². The molecule has 0 saturated heterocycles. The first-order valence-corrected chi connectivity index (χ1v) is 30.6. The number of imidazole rings is 8. The van der Waals surface area contributed by atoms with Crippen LogP contribution in [0.25, 0.3) is 178 Å². The third-order valence-electron chi connectivity index (χ3n) is 18.2. The van der Waals surface area contributed by atoms with E-state index < -0.39 is 0 Å². The smallest absolute Gasteiger partial charge is 0.357 e. The van der Waals surface area contributed by atoms with Crippen LogP contribution in [0.3, 0.4) is 0 Å². The molecule has 24 nitrogen and oxygen atoms in total. The van der Waals surface area contributed by atoms with Crippen LogP contribution in [0, 0.1) is 0 Å². The largest absolute Gasteiger partial charge is 2.00 e. The van der Waals surface area contributed by atoms with Crippen molar-refractivity contribution in [3.63, 3.8) is 0 Å².